The molecule has 7 heteroatoms. The molecule has 0 amide bonds. The zero-order chi connectivity index (χ0) is 21.0. The second kappa shape index (κ2) is 8.27. The fourth-order valence-electron chi connectivity index (χ4n) is 4.47. The number of hydrogen-bond acceptors (Lipinski definition) is 4. The molecule has 3 aliphatic heterocycles. The second-order valence-corrected chi connectivity index (χ2v) is 10.3. The minimum Gasteiger partial charge on any atom is -0.562 e. The van der Waals surface area contributed by atoms with Crippen molar-refractivity contribution in [2.45, 2.75) is 27.7 Å². The van der Waals surface area contributed by atoms with E-state index in [0.717, 1.165) is 27.5 Å². The van der Waals surface area contributed by atoms with Crippen LogP contribution in [0.2, 0.25) is 0 Å². The van der Waals surface area contributed by atoms with Crippen LogP contribution in [0.15, 0.2) is 48.5 Å². The molecule has 0 aromatic heterocycles. The molecule has 31 heavy (non-hydrogen) atoms. The van der Waals surface area contributed by atoms with Gasteiger partial charge in [-0.1, -0.05) is 51.4 Å². The van der Waals surface area contributed by atoms with E-state index >= 15 is 0 Å². The molecule has 0 saturated carbocycles. The summed E-state index contributed by atoms with van der Waals surface area (Å²) in [6, 6.07) is 16.5. The maximum Gasteiger partial charge on any atom is 1.00 e. The summed E-state index contributed by atoms with van der Waals surface area (Å²) in [5.74, 6) is 0. The molecular weight excluding hydrogens is 381 g/mol. The number of rotatable bonds is 2. The van der Waals surface area contributed by atoms with E-state index < -0.39 is 6.55 Å². The maximum absolute atomic E-state index is 6.42. The van der Waals surface area contributed by atoms with E-state index in [4.69, 9.17) is 18.6 Å². The number of benzene rings is 2. The van der Waals surface area contributed by atoms with Crippen molar-refractivity contribution in [1.82, 2.24) is 0 Å². The summed E-state index contributed by atoms with van der Waals surface area (Å²) in [6.45, 7) is 9.67. The van der Waals surface area contributed by atoms with Gasteiger partial charge in [0, 0.05) is 37.3 Å². The Morgan fingerprint density at radius 2 is 1.39 bits per heavy atom. The Hall–Kier alpha value is -1.25. The Balaban J connectivity index is 0.00000231. The molecule has 156 valence electrons. The van der Waals surface area contributed by atoms with Gasteiger partial charge in [0.2, 0.25) is 0 Å². The van der Waals surface area contributed by atoms with Gasteiger partial charge < -0.3 is 18.6 Å². The summed E-state index contributed by atoms with van der Waals surface area (Å²) in [5, 5.41) is 0. The summed E-state index contributed by atoms with van der Waals surface area (Å²) in [5.41, 5.74) is 5.29. The van der Waals surface area contributed by atoms with Gasteiger partial charge in [-0.05, 0) is 0 Å². The standard InChI is InChI=1S/C24H28B2O4.Li/c1-23(2)14-27-25(28-15-23)20-11-7-5-9-18(20)13-22-19-10-6-8-12-21(19)26(22)29-16-24(3,4)17-30-26;/h5-12H,14-17H2,1-4H3;/q-2;+1. The SMILES string of the molecule is CC1(C)COB(c2ccccc2[C-]=C2c3ccccc3[B-]23OCC(C)(C)CO3)OC1.[Li+]. The first-order valence-corrected chi connectivity index (χ1v) is 10.8. The van der Waals surface area contributed by atoms with Gasteiger partial charge in [-0.25, -0.2) is 5.47 Å². The Kier molecular flexibility index (Phi) is 6.11. The number of fused-ring (bicyclic) bond motifs is 2. The van der Waals surface area contributed by atoms with Gasteiger partial charge in [-0.2, -0.15) is 22.7 Å². The van der Waals surface area contributed by atoms with Gasteiger partial charge in [0.05, 0.1) is 0 Å². The van der Waals surface area contributed by atoms with Crippen LogP contribution in [-0.4, -0.2) is 40.1 Å². The smallest absolute Gasteiger partial charge is 0.562 e. The predicted octanol–water partition coefficient (Wildman–Crippen LogP) is -0.0313. The van der Waals surface area contributed by atoms with E-state index in [2.05, 4.69) is 64.1 Å². The summed E-state index contributed by atoms with van der Waals surface area (Å²) >= 11 is 0. The summed E-state index contributed by atoms with van der Waals surface area (Å²) in [6.07, 6.45) is 3.64. The fraction of sp³-hybridized carbons (Fsp3) is 0.417. The minimum absolute atomic E-state index is 0. The van der Waals surface area contributed by atoms with E-state index in [0.29, 0.717) is 26.4 Å². The molecule has 5 rings (SSSR count). The third-order valence-corrected chi connectivity index (χ3v) is 6.19. The molecule has 3 heterocycles. The second-order valence-electron chi connectivity index (χ2n) is 10.3. The molecule has 1 spiro atoms. The van der Waals surface area contributed by atoms with Crippen molar-refractivity contribution < 1.29 is 37.5 Å². The molecule has 3 aliphatic rings. The first-order chi connectivity index (χ1) is 14.3. The van der Waals surface area contributed by atoms with Crippen molar-refractivity contribution in [1.29, 1.82) is 0 Å². The molecule has 0 bridgehead atoms. The van der Waals surface area contributed by atoms with Gasteiger partial charge in [0.1, 0.15) is 0 Å². The van der Waals surface area contributed by atoms with Crippen LogP contribution in [0.4, 0.5) is 0 Å². The van der Waals surface area contributed by atoms with Gasteiger partial charge in [0.15, 0.2) is 0 Å². The van der Waals surface area contributed by atoms with Crippen molar-refractivity contribution in [3.8, 4) is 0 Å². The molecule has 0 unspecified atom stereocenters. The van der Waals surface area contributed by atoms with Crippen LogP contribution in [0.25, 0.3) is 5.47 Å². The molecule has 4 nitrogen and oxygen atoms in total. The third-order valence-electron chi connectivity index (χ3n) is 6.19. The Morgan fingerprint density at radius 1 is 0.806 bits per heavy atom. The predicted molar refractivity (Wildman–Crippen MR) is 121 cm³/mol. The molecule has 0 N–H and O–H groups in total. The van der Waals surface area contributed by atoms with Crippen molar-refractivity contribution in [3.63, 3.8) is 0 Å². The van der Waals surface area contributed by atoms with Crippen LogP contribution in [0.3, 0.4) is 0 Å². The van der Waals surface area contributed by atoms with E-state index in [9.17, 15) is 0 Å². The summed E-state index contributed by atoms with van der Waals surface area (Å²) in [4.78, 5) is 0. The van der Waals surface area contributed by atoms with Crippen molar-refractivity contribution in [2.24, 2.45) is 10.8 Å². The zero-order valence-corrected chi connectivity index (χ0v) is 19.2. The van der Waals surface area contributed by atoms with Gasteiger partial charge in [0.25, 0.3) is 6.55 Å². The molecule has 0 atom stereocenters. The average molecular weight is 409 g/mol. The van der Waals surface area contributed by atoms with Crippen LogP contribution >= 0.6 is 0 Å². The molecule has 2 aromatic rings. The molecule has 2 aromatic carbocycles. The quantitative estimate of drug-likeness (QED) is 0.516. The van der Waals surface area contributed by atoms with E-state index in [1.807, 2.05) is 18.2 Å². The first-order valence-electron chi connectivity index (χ1n) is 10.8. The molecule has 0 radical (unpaired) electrons. The van der Waals surface area contributed by atoms with Gasteiger partial charge in [-0.3, -0.25) is 0 Å². The van der Waals surface area contributed by atoms with Crippen LogP contribution in [0.5, 0.6) is 0 Å². The van der Waals surface area contributed by atoms with Gasteiger partial charge >= 0.3 is 26.0 Å². The summed E-state index contributed by atoms with van der Waals surface area (Å²) in [7, 11) is -0.381. The molecule has 2 fully saturated rings. The van der Waals surface area contributed by atoms with E-state index in [1.54, 1.807) is 0 Å². The molecular formula is C24H28B2LiO4-. The Labute approximate surface area is 198 Å². The minimum atomic E-state index is -1.64. The van der Waals surface area contributed by atoms with Crippen molar-refractivity contribution in [3.05, 3.63) is 65.7 Å². The van der Waals surface area contributed by atoms with Crippen LogP contribution in [0, 0.1) is 16.9 Å². The molecule has 2 saturated heterocycles. The maximum atomic E-state index is 6.42. The summed E-state index contributed by atoms with van der Waals surface area (Å²) < 4.78 is 25.0. The largest absolute Gasteiger partial charge is 1.00 e. The average Bonchev–Trinajstić information content (AvgIpc) is 2.73. The van der Waals surface area contributed by atoms with Crippen molar-refractivity contribution >= 4 is 30.1 Å². The van der Waals surface area contributed by atoms with Crippen molar-refractivity contribution in [2.75, 3.05) is 26.4 Å². The molecule has 0 aliphatic carbocycles. The fourth-order valence-corrected chi connectivity index (χ4v) is 4.47. The Morgan fingerprint density at radius 3 is 2.10 bits per heavy atom. The van der Waals surface area contributed by atoms with Gasteiger partial charge in [-0.15, -0.1) is 30.3 Å². The Bertz CT molecular complexity index is 985. The monoisotopic (exact) mass is 409 g/mol. The van der Waals surface area contributed by atoms with Crippen LogP contribution < -0.4 is 29.8 Å². The van der Waals surface area contributed by atoms with Crippen LogP contribution in [0.1, 0.15) is 38.8 Å². The number of hydrogen-bond donors (Lipinski definition) is 0. The van der Waals surface area contributed by atoms with E-state index in [-0.39, 0.29) is 36.8 Å². The topological polar surface area (TPSA) is 36.9 Å². The normalized spacial score (nSPS) is 24.3. The zero-order valence-electron chi connectivity index (χ0n) is 19.2. The first kappa shape index (κ1) is 22.9. The van der Waals surface area contributed by atoms with E-state index in [1.165, 1.54) is 0 Å². The van der Waals surface area contributed by atoms with Crippen LogP contribution in [-0.2, 0) is 18.6 Å². The third kappa shape index (κ3) is 4.11.